The van der Waals surface area contributed by atoms with Crippen LogP contribution < -0.4 is 14.8 Å². The fourth-order valence-electron chi connectivity index (χ4n) is 9.22. The van der Waals surface area contributed by atoms with Gasteiger partial charge in [0, 0.05) is 43.6 Å². The number of aldehydes is 1. The van der Waals surface area contributed by atoms with E-state index >= 15 is 0 Å². The van der Waals surface area contributed by atoms with E-state index < -0.39 is 83.5 Å². The van der Waals surface area contributed by atoms with Gasteiger partial charge in [-0.15, -0.1) is 11.3 Å². The molecule has 30 heteroatoms. The molecular formula is C60H82F2N8O16S4. The van der Waals surface area contributed by atoms with Crippen molar-refractivity contribution in [2.24, 2.45) is 0 Å². The number of sulfone groups is 1. The number of para-hydroxylation sites is 1. The van der Waals surface area contributed by atoms with Crippen LogP contribution in [0.25, 0.3) is 38.8 Å². The van der Waals surface area contributed by atoms with E-state index in [2.05, 4.69) is 29.7 Å². The Morgan fingerprint density at radius 2 is 1.08 bits per heavy atom. The molecule has 0 radical (unpaired) electrons. The van der Waals surface area contributed by atoms with Gasteiger partial charge in [-0.1, -0.05) is 59.4 Å². The van der Waals surface area contributed by atoms with Gasteiger partial charge in [0.15, 0.2) is 17.9 Å². The van der Waals surface area contributed by atoms with Crippen LogP contribution in [0.2, 0.25) is 0 Å². The third-order valence-corrected chi connectivity index (χ3v) is 19.0. The van der Waals surface area contributed by atoms with Crippen LogP contribution in [0.4, 0.5) is 20.7 Å². The van der Waals surface area contributed by atoms with E-state index in [9.17, 15) is 48.4 Å². The number of carbonyl (C=O) groups excluding carboxylic acids is 3. The summed E-state index contributed by atoms with van der Waals surface area (Å²) in [7, 11) is -5.44. The van der Waals surface area contributed by atoms with E-state index in [0.717, 1.165) is 37.2 Å². The van der Waals surface area contributed by atoms with E-state index in [1.54, 1.807) is 45.9 Å². The molecule has 0 aliphatic carbocycles. The number of hydrogen-bond donors (Lipinski definition) is 1. The first-order valence-corrected chi connectivity index (χ1v) is 33.5. The molecule has 5 heterocycles. The Balaban J connectivity index is 0.000000357. The quantitative estimate of drug-likeness (QED) is 0.0618. The Bertz CT molecular complexity index is 3780. The van der Waals surface area contributed by atoms with Gasteiger partial charge in [-0.3, -0.25) is 14.4 Å². The Labute approximate surface area is 529 Å². The number of carbonyl (C=O) groups is 3. The van der Waals surface area contributed by atoms with E-state index in [0.29, 0.717) is 58.4 Å². The Morgan fingerprint density at radius 3 is 1.51 bits per heavy atom. The molecule has 5 N–H and O–H groups in total. The predicted molar refractivity (Wildman–Crippen MR) is 341 cm³/mol. The van der Waals surface area contributed by atoms with Gasteiger partial charge >= 0.3 is 11.9 Å². The van der Waals surface area contributed by atoms with E-state index in [4.69, 9.17) is 23.7 Å². The van der Waals surface area contributed by atoms with E-state index in [1.165, 1.54) is 64.7 Å². The summed E-state index contributed by atoms with van der Waals surface area (Å²) in [6.07, 6.45) is 5.48. The zero-order chi connectivity index (χ0) is 64.6. The number of aromatic nitrogens is 5. The number of nitrogens with zero attached hydrogens (tertiary/aromatic N) is 7. The second-order valence-corrected chi connectivity index (χ2v) is 29.3. The van der Waals surface area contributed by atoms with Crippen LogP contribution in [0.1, 0.15) is 128 Å². The summed E-state index contributed by atoms with van der Waals surface area (Å²) in [6, 6.07) is 18.6. The topological polar surface area (TPSA) is 346 Å². The molecule has 2 saturated heterocycles. The summed E-state index contributed by atoms with van der Waals surface area (Å²) in [5.74, 6) is -3.94. The molecule has 24 nitrogen and oxygen atoms in total. The summed E-state index contributed by atoms with van der Waals surface area (Å²) >= 11 is 1.15. The number of sulfonamides is 2. The lowest BCUT2D eigenvalue weighted by Gasteiger charge is -2.40. The lowest BCUT2D eigenvalue weighted by molar-refractivity contribution is -0.295. The van der Waals surface area contributed by atoms with Gasteiger partial charge in [0.1, 0.15) is 11.6 Å². The Hall–Kier alpha value is -6.87. The number of hydrogen-bond acceptors (Lipinski definition) is 22. The largest absolute Gasteiger partial charge is 0.469 e. The zero-order valence-electron chi connectivity index (χ0n) is 52.0. The molecule has 0 unspecified atom stereocenters. The minimum Gasteiger partial charge on any atom is -0.469 e. The molecule has 3 aromatic heterocycles. The average molecular weight is 1340 g/mol. The number of ether oxygens (including phenoxy) is 6. The highest BCUT2D eigenvalue weighted by Crippen LogP contribution is 2.36. The molecule has 8 rings (SSSR count). The predicted octanol–water partition coefficient (Wildman–Crippen LogP) is 9.42. The molecule has 496 valence electrons. The molecule has 2 fully saturated rings. The van der Waals surface area contributed by atoms with Crippen molar-refractivity contribution in [3.05, 3.63) is 113 Å². The van der Waals surface area contributed by atoms with Crippen LogP contribution in [0, 0.1) is 11.6 Å². The number of esters is 2. The normalized spacial score (nSPS) is 17.9. The molecule has 2 aliphatic rings. The van der Waals surface area contributed by atoms with Crippen molar-refractivity contribution < 1.29 is 82.3 Å². The van der Waals surface area contributed by atoms with Crippen molar-refractivity contribution in [1.29, 1.82) is 0 Å². The van der Waals surface area contributed by atoms with Crippen molar-refractivity contribution in [3.63, 3.8) is 0 Å². The molecule has 90 heavy (non-hydrogen) atoms. The smallest absolute Gasteiger partial charge is 0.308 e. The second kappa shape index (κ2) is 31.9. The summed E-state index contributed by atoms with van der Waals surface area (Å²) < 4.78 is 136. The fourth-order valence-corrected chi connectivity index (χ4v) is 12.7. The van der Waals surface area contributed by atoms with Crippen molar-refractivity contribution in [2.45, 2.75) is 141 Å². The first-order chi connectivity index (χ1) is 40.5. The molecule has 0 bridgehead atoms. The van der Waals surface area contributed by atoms with Gasteiger partial charge in [0.2, 0.25) is 46.1 Å². The summed E-state index contributed by atoms with van der Waals surface area (Å²) in [5.41, 5.74) is 4.47. The number of methoxy groups -OCH3 is 2. The highest BCUT2D eigenvalue weighted by molar-refractivity contribution is 7.93. The fraction of sp³-hybridized carbons (Fsp3) is 0.467. The molecule has 6 aromatic rings. The van der Waals surface area contributed by atoms with Crippen molar-refractivity contribution in [2.75, 3.05) is 55.2 Å². The van der Waals surface area contributed by atoms with Crippen LogP contribution in [-0.4, -0.2) is 156 Å². The Morgan fingerprint density at radius 1 is 0.656 bits per heavy atom. The lowest BCUT2D eigenvalue weighted by atomic mass is 9.97. The van der Waals surface area contributed by atoms with E-state index in [1.807, 2.05) is 58.0 Å². The summed E-state index contributed by atoms with van der Waals surface area (Å²) in [5, 5.41) is 0. The second-order valence-electron chi connectivity index (χ2n) is 22.0. The number of fused-ring (bicyclic) bond motifs is 1. The van der Waals surface area contributed by atoms with Crippen molar-refractivity contribution in [3.8, 4) is 22.5 Å². The van der Waals surface area contributed by atoms with Gasteiger partial charge < -0.3 is 40.0 Å². The number of anilines is 2. The maximum atomic E-state index is 13.7. The third-order valence-electron chi connectivity index (χ3n) is 13.4. The van der Waals surface area contributed by atoms with Crippen molar-refractivity contribution in [1.82, 2.24) is 31.1 Å². The number of rotatable bonds is 18. The van der Waals surface area contributed by atoms with Crippen LogP contribution in [0.15, 0.2) is 83.2 Å². The molecule has 0 amide bonds. The first-order valence-electron chi connectivity index (χ1n) is 27.3. The minimum absolute atomic E-state index is 0. The SMILES string of the molecule is C.CC(C)c1nc(N(C)S(C)(=O)=O)nc(-c2ccc(F)cc2)c1C=O.COC(=O)C[C@H]1C[C@@H](/C=C/c2c(-c3ccc(F)cc3)nc(N(C)S(C)(=O)=O)nc2C(C)C)OC(C)(C)O1.COC(=O)C[C@H]1C[C@@H](CS(=O)(=O)c2nc3ccccc3s2)OC(C)(C)O1.N.O. The monoisotopic (exact) mass is 1340 g/mol. The number of thiazole rings is 1. The highest BCUT2D eigenvalue weighted by atomic mass is 32.2. The molecule has 3 aromatic carbocycles. The zero-order valence-corrected chi connectivity index (χ0v) is 55.3. The number of halogens is 2. The third kappa shape index (κ3) is 20.8. The lowest BCUT2D eigenvalue weighted by Crippen LogP contribution is -2.47. The van der Waals surface area contributed by atoms with Gasteiger partial charge in [0.05, 0.1) is 108 Å². The molecule has 2 aliphatic heterocycles. The van der Waals surface area contributed by atoms with Crippen LogP contribution in [0.3, 0.4) is 0 Å². The van der Waals surface area contributed by atoms with Gasteiger partial charge in [0.25, 0.3) is 0 Å². The molecular weight excluding hydrogens is 1250 g/mol. The molecule has 4 atom stereocenters. The maximum absolute atomic E-state index is 13.7. The Kier molecular flexibility index (Phi) is 27.4. The van der Waals surface area contributed by atoms with Gasteiger partial charge in [-0.2, -0.15) is 0 Å². The van der Waals surface area contributed by atoms with Crippen molar-refractivity contribution >= 4 is 87.6 Å². The summed E-state index contributed by atoms with van der Waals surface area (Å²) in [4.78, 5) is 56.8. The molecule has 0 spiro atoms. The first kappa shape index (κ1) is 77.4. The molecule has 0 saturated carbocycles. The van der Waals surface area contributed by atoms with Crippen LogP contribution >= 0.6 is 11.3 Å². The maximum Gasteiger partial charge on any atom is 0.308 e. The minimum atomic E-state index is -3.62. The highest BCUT2D eigenvalue weighted by Gasteiger charge is 2.40. The van der Waals surface area contributed by atoms with Gasteiger partial charge in [-0.05, 0) is 100 Å². The van der Waals surface area contributed by atoms with Crippen LogP contribution in [-0.2, 0) is 67.9 Å². The standard InChI is InChI=1S/C26H34FN3O6S.C17H21NO6S2.C16H18FN3O3S.CH4.H3N.H2O/c1-16(2)23-21(13-12-19-14-20(15-22(31)34-6)36-26(3,4)35-19)24(17-8-10-18(27)11-9-17)29-25(28-23)30(5)37(7,32)33;1-17(2)23-11(9-15(19)22-3)8-12(24-17)10-26(20,21)16-18-13-6-4-5-7-14(13)25-16;1-10(2)14-13(9-21)15(11-5-7-12(17)8-6-11)19-16(18-14)20(3)24(4,22)23;;;/h8-13,16,19-20H,14-15H2,1-7H3;4-7,11-12H,8-10H2,1-3H3;5-10H,1-4H3;1H4;1H3;1H2/b13-12+;;;;;/t19-,20-;11-,12+;;;;/m11..../s1. The number of benzene rings is 3. The summed E-state index contributed by atoms with van der Waals surface area (Å²) in [6.45, 7) is 14.5. The van der Waals surface area contributed by atoms with Gasteiger partial charge in [-0.25, -0.2) is 67.6 Å². The average Bonchev–Trinajstić information content (AvgIpc) is 1.04. The van der Waals surface area contributed by atoms with Crippen LogP contribution in [0.5, 0.6) is 0 Å². The van der Waals surface area contributed by atoms with E-state index in [-0.39, 0.29) is 82.9 Å².